The van der Waals surface area contributed by atoms with Crippen LogP contribution in [0.5, 0.6) is 23.0 Å². The molecule has 0 unspecified atom stereocenters. The molecule has 3 aromatic carbocycles. The lowest BCUT2D eigenvalue weighted by molar-refractivity contribution is -0.135. The van der Waals surface area contributed by atoms with Crippen LogP contribution in [0.1, 0.15) is 23.5 Å². The van der Waals surface area contributed by atoms with Crippen molar-refractivity contribution >= 4 is 32.9 Å². The van der Waals surface area contributed by atoms with Crippen molar-refractivity contribution in [1.82, 2.24) is 0 Å². The van der Waals surface area contributed by atoms with Gasteiger partial charge in [-0.3, -0.25) is 9.59 Å². The molecule has 0 bridgehead atoms. The molecule has 3 N–H and O–H groups in total. The van der Waals surface area contributed by atoms with E-state index < -0.39 is 17.3 Å². The molecule has 1 atom stereocenters. The molecule has 0 fully saturated rings. The van der Waals surface area contributed by atoms with E-state index in [1.165, 1.54) is 30.3 Å². The van der Waals surface area contributed by atoms with Gasteiger partial charge < -0.3 is 24.5 Å². The van der Waals surface area contributed by atoms with Gasteiger partial charge in [-0.15, -0.1) is 0 Å². The van der Waals surface area contributed by atoms with Crippen molar-refractivity contribution in [2.24, 2.45) is 0 Å². The summed E-state index contributed by atoms with van der Waals surface area (Å²) in [6.07, 6.45) is 0.0173. The minimum Gasteiger partial charge on any atom is -0.507 e. The minimum absolute atomic E-state index is 0.0173. The SMILES string of the molecule is O=C1C[C@H](c2ccccc2Br)c2c(cc(O)c3c(=O)cc(-c4ccc(O)c(O)c4)oc23)O1. The summed E-state index contributed by atoms with van der Waals surface area (Å²) in [4.78, 5) is 25.3. The number of halogens is 1. The second-order valence-electron chi connectivity index (χ2n) is 7.44. The summed E-state index contributed by atoms with van der Waals surface area (Å²) in [6, 6.07) is 13.9. The second kappa shape index (κ2) is 7.42. The topological polar surface area (TPSA) is 117 Å². The summed E-state index contributed by atoms with van der Waals surface area (Å²) >= 11 is 3.52. The van der Waals surface area contributed by atoms with E-state index in [1.807, 2.05) is 24.3 Å². The van der Waals surface area contributed by atoms with Crippen LogP contribution in [-0.4, -0.2) is 21.3 Å². The molecule has 0 amide bonds. The molecule has 0 aliphatic carbocycles. The van der Waals surface area contributed by atoms with E-state index in [9.17, 15) is 24.9 Å². The molecule has 0 spiro atoms. The lowest BCUT2D eigenvalue weighted by atomic mass is 9.85. The molecule has 1 aromatic heterocycles. The lowest BCUT2D eigenvalue weighted by Crippen LogP contribution is -2.22. The third-order valence-corrected chi connectivity index (χ3v) is 6.19. The Labute approximate surface area is 189 Å². The average molecular weight is 495 g/mol. The second-order valence-corrected chi connectivity index (χ2v) is 8.30. The van der Waals surface area contributed by atoms with Gasteiger partial charge in [-0.2, -0.15) is 0 Å². The van der Waals surface area contributed by atoms with Crippen LogP contribution in [0.25, 0.3) is 22.3 Å². The molecule has 7 nitrogen and oxygen atoms in total. The maximum atomic E-state index is 13.0. The van der Waals surface area contributed by atoms with Gasteiger partial charge >= 0.3 is 5.97 Å². The van der Waals surface area contributed by atoms with Crippen LogP contribution in [0.2, 0.25) is 0 Å². The number of carbonyl (C=O) groups excluding carboxylic acids is 1. The number of ether oxygens (including phenoxy) is 1. The van der Waals surface area contributed by atoms with Gasteiger partial charge in [0.1, 0.15) is 28.2 Å². The maximum Gasteiger partial charge on any atom is 0.312 e. The maximum absolute atomic E-state index is 13.0. The van der Waals surface area contributed by atoms with Crippen molar-refractivity contribution in [2.75, 3.05) is 0 Å². The zero-order valence-electron chi connectivity index (χ0n) is 16.3. The van der Waals surface area contributed by atoms with Crippen LogP contribution in [0.3, 0.4) is 0 Å². The number of hydrogen-bond acceptors (Lipinski definition) is 7. The molecule has 4 aromatic rings. The standard InChI is InChI=1S/C24H15BrO7/c25-14-4-2-1-3-12(14)13-8-21(30)31-20-10-18(29)23-17(28)9-19(32-24(23)22(13)20)11-5-6-15(26)16(27)7-11/h1-7,9-10,13,26-27,29H,8H2/t13-/m1/s1. The minimum atomic E-state index is -0.503. The molecule has 8 heteroatoms. The highest BCUT2D eigenvalue weighted by Gasteiger charge is 2.34. The molecule has 160 valence electrons. The Balaban J connectivity index is 1.84. The van der Waals surface area contributed by atoms with Crippen molar-refractivity contribution in [1.29, 1.82) is 0 Å². The summed E-state index contributed by atoms with van der Waals surface area (Å²) in [5.41, 5.74) is 1.20. The number of fused-ring (bicyclic) bond motifs is 3. The molecule has 2 heterocycles. The zero-order chi connectivity index (χ0) is 22.6. The number of phenols is 3. The molecule has 1 aliphatic heterocycles. The number of benzene rings is 3. The van der Waals surface area contributed by atoms with Crippen LogP contribution in [-0.2, 0) is 4.79 Å². The van der Waals surface area contributed by atoms with E-state index in [-0.39, 0.29) is 46.1 Å². The van der Waals surface area contributed by atoms with Crippen molar-refractivity contribution in [3.63, 3.8) is 0 Å². The number of esters is 1. The van der Waals surface area contributed by atoms with Gasteiger partial charge in [-0.1, -0.05) is 34.1 Å². The Morgan fingerprint density at radius 1 is 0.906 bits per heavy atom. The van der Waals surface area contributed by atoms with Crippen LogP contribution >= 0.6 is 15.9 Å². The fourth-order valence-corrected chi connectivity index (χ4v) is 4.56. The van der Waals surface area contributed by atoms with Gasteiger partial charge in [0.2, 0.25) is 0 Å². The number of hydrogen-bond donors (Lipinski definition) is 3. The van der Waals surface area contributed by atoms with Gasteiger partial charge in [-0.05, 0) is 29.8 Å². The predicted molar refractivity (Wildman–Crippen MR) is 119 cm³/mol. The van der Waals surface area contributed by atoms with Crippen LogP contribution < -0.4 is 10.2 Å². The van der Waals surface area contributed by atoms with E-state index in [0.29, 0.717) is 11.1 Å². The Bertz CT molecular complexity index is 1470. The highest BCUT2D eigenvalue weighted by atomic mass is 79.9. The number of phenolic OH excluding ortho intramolecular Hbond substituents is 3. The third kappa shape index (κ3) is 3.20. The first-order valence-corrected chi connectivity index (χ1v) is 10.4. The highest BCUT2D eigenvalue weighted by molar-refractivity contribution is 9.10. The van der Waals surface area contributed by atoms with E-state index in [2.05, 4.69) is 15.9 Å². The quantitative estimate of drug-likeness (QED) is 0.208. The van der Waals surface area contributed by atoms with Gasteiger partial charge in [-0.25, -0.2) is 0 Å². The van der Waals surface area contributed by atoms with Gasteiger partial charge in [0.15, 0.2) is 16.9 Å². The van der Waals surface area contributed by atoms with E-state index in [0.717, 1.165) is 10.0 Å². The third-order valence-electron chi connectivity index (χ3n) is 5.47. The van der Waals surface area contributed by atoms with Crippen molar-refractivity contribution in [3.05, 3.63) is 80.4 Å². The molecule has 1 aliphatic rings. The summed E-state index contributed by atoms with van der Waals surface area (Å²) in [7, 11) is 0. The fourth-order valence-electron chi connectivity index (χ4n) is 4.00. The zero-order valence-corrected chi connectivity index (χ0v) is 17.9. The normalized spacial score (nSPS) is 15.4. The predicted octanol–water partition coefficient (Wildman–Crippen LogP) is 4.78. The Morgan fingerprint density at radius 3 is 2.44 bits per heavy atom. The fraction of sp³-hybridized carbons (Fsp3) is 0.0833. The van der Waals surface area contributed by atoms with Crippen molar-refractivity contribution in [3.8, 4) is 34.3 Å². The van der Waals surface area contributed by atoms with Gasteiger partial charge in [0.25, 0.3) is 0 Å². The van der Waals surface area contributed by atoms with Crippen molar-refractivity contribution in [2.45, 2.75) is 12.3 Å². The van der Waals surface area contributed by atoms with Gasteiger partial charge in [0.05, 0.1) is 6.42 Å². The average Bonchev–Trinajstić information content (AvgIpc) is 2.74. The smallest absolute Gasteiger partial charge is 0.312 e. The summed E-state index contributed by atoms with van der Waals surface area (Å²) in [5.74, 6) is -1.78. The lowest BCUT2D eigenvalue weighted by Gasteiger charge is -2.26. The van der Waals surface area contributed by atoms with Crippen LogP contribution in [0.15, 0.2) is 68.3 Å². The highest BCUT2D eigenvalue weighted by Crippen LogP contribution is 2.47. The first-order chi connectivity index (χ1) is 15.3. The number of aromatic hydroxyl groups is 3. The Kier molecular flexibility index (Phi) is 4.67. The van der Waals surface area contributed by atoms with Crippen molar-refractivity contribution < 1.29 is 29.3 Å². The first-order valence-electron chi connectivity index (χ1n) is 9.64. The van der Waals surface area contributed by atoms with Crippen LogP contribution in [0, 0.1) is 0 Å². The molecule has 32 heavy (non-hydrogen) atoms. The van der Waals surface area contributed by atoms with E-state index in [1.54, 1.807) is 0 Å². The molecule has 0 saturated heterocycles. The monoisotopic (exact) mass is 494 g/mol. The molecule has 5 rings (SSSR count). The molecular formula is C24H15BrO7. The molecular weight excluding hydrogens is 480 g/mol. The summed E-state index contributed by atoms with van der Waals surface area (Å²) in [6.45, 7) is 0. The molecule has 0 saturated carbocycles. The first kappa shape index (κ1) is 20.1. The Hall–Kier alpha value is -3.78. The van der Waals surface area contributed by atoms with E-state index in [4.69, 9.17) is 9.15 Å². The molecule has 0 radical (unpaired) electrons. The summed E-state index contributed by atoms with van der Waals surface area (Å²) < 4.78 is 12.2. The number of rotatable bonds is 2. The number of carbonyl (C=O) groups is 1. The van der Waals surface area contributed by atoms with E-state index >= 15 is 0 Å². The van der Waals surface area contributed by atoms with Crippen LogP contribution in [0.4, 0.5) is 0 Å². The largest absolute Gasteiger partial charge is 0.507 e. The van der Waals surface area contributed by atoms with Gasteiger partial charge in [0, 0.05) is 33.7 Å². The Morgan fingerprint density at radius 2 is 1.69 bits per heavy atom. The summed E-state index contributed by atoms with van der Waals surface area (Å²) in [5, 5.41) is 29.9.